The predicted octanol–water partition coefficient (Wildman–Crippen LogP) is 1.45. The topological polar surface area (TPSA) is 62.4 Å². The van der Waals surface area contributed by atoms with Gasteiger partial charge in [0.05, 0.1) is 6.61 Å². The minimum Gasteiger partial charge on any atom is -0.395 e. The van der Waals surface area contributed by atoms with Gasteiger partial charge in [0.2, 0.25) is 0 Å². The van der Waals surface area contributed by atoms with Crippen molar-refractivity contribution in [3.05, 3.63) is 23.9 Å². The van der Waals surface area contributed by atoms with Crippen LogP contribution in [0.1, 0.15) is 37.8 Å². The molecule has 2 rings (SSSR count). The van der Waals surface area contributed by atoms with Gasteiger partial charge in [-0.25, -0.2) is 4.98 Å². The number of aliphatic hydroxyl groups is 1. The summed E-state index contributed by atoms with van der Waals surface area (Å²) in [6, 6.07) is 4.60. The van der Waals surface area contributed by atoms with Gasteiger partial charge in [-0.05, 0) is 37.8 Å². The van der Waals surface area contributed by atoms with E-state index < -0.39 is 0 Å². The van der Waals surface area contributed by atoms with Crippen molar-refractivity contribution in [3.8, 4) is 0 Å². The van der Waals surface area contributed by atoms with Gasteiger partial charge in [0.1, 0.15) is 5.82 Å². The third-order valence-corrected chi connectivity index (χ3v) is 3.45. The summed E-state index contributed by atoms with van der Waals surface area (Å²) in [4.78, 5) is 6.66. The van der Waals surface area contributed by atoms with E-state index >= 15 is 0 Å². The van der Waals surface area contributed by atoms with E-state index in [1.807, 2.05) is 25.3 Å². The van der Waals surface area contributed by atoms with Gasteiger partial charge in [-0.15, -0.1) is 0 Å². The molecule has 0 spiro atoms. The summed E-state index contributed by atoms with van der Waals surface area (Å²) in [6.45, 7) is 2.79. The minimum atomic E-state index is 0.0199. The number of nitrogens with two attached hydrogens (primary N) is 1. The second kappa shape index (κ2) is 5.47. The third kappa shape index (κ3) is 2.76. The molecule has 1 saturated carbocycles. The van der Waals surface area contributed by atoms with Crippen LogP contribution in [0.4, 0.5) is 5.82 Å². The molecule has 4 nitrogen and oxygen atoms in total. The second-order valence-corrected chi connectivity index (χ2v) is 4.74. The minimum absolute atomic E-state index is 0.0199. The van der Waals surface area contributed by atoms with Gasteiger partial charge in [0, 0.05) is 24.8 Å². The SMILES string of the molecule is CC(N)c1ccc(N(CCO)C2CCC2)nc1. The highest BCUT2D eigenvalue weighted by atomic mass is 16.3. The first kappa shape index (κ1) is 12.3. The maximum Gasteiger partial charge on any atom is 0.128 e. The quantitative estimate of drug-likeness (QED) is 0.811. The van der Waals surface area contributed by atoms with E-state index in [2.05, 4.69) is 9.88 Å². The Morgan fingerprint density at radius 2 is 2.29 bits per heavy atom. The normalized spacial score (nSPS) is 17.6. The van der Waals surface area contributed by atoms with Crippen LogP contribution in [-0.2, 0) is 0 Å². The second-order valence-electron chi connectivity index (χ2n) is 4.74. The van der Waals surface area contributed by atoms with E-state index in [1.165, 1.54) is 19.3 Å². The van der Waals surface area contributed by atoms with Crippen molar-refractivity contribution in [1.82, 2.24) is 4.98 Å². The van der Waals surface area contributed by atoms with Gasteiger partial charge in [0.15, 0.2) is 0 Å². The van der Waals surface area contributed by atoms with Crippen molar-refractivity contribution in [1.29, 1.82) is 0 Å². The molecule has 0 bridgehead atoms. The molecular formula is C13H21N3O. The number of hydrogen-bond donors (Lipinski definition) is 2. The van der Waals surface area contributed by atoms with Crippen molar-refractivity contribution >= 4 is 5.82 Å². The van der Waals surface area contributed by atoms with Gasteiger partial charge in [-0.3, -0.25) is 0 Å². The van der Waals surface area contributed by atoms with Crippen LogP contribution < -0.4 is 10.6 Å². The zero-order valence-electron chi connectivity index (χ0n) is 10.3. The van der Waals surface area contributed by atoms with E-state index in [1.54, 1.807) is 0 Å². The number of aromatic nitrogens is 1. The molecule has 1 atom stereocenters. The van der Waals surface area contributed by atoms with Crippen LogP contribution in [0.5, 0.6) is 0 Å². The smallest absolute Gasteiger partial charge is 0.128 e. The lowest BCUT2D eigenvalue weighted by Gasteiger charge is -2.38. The molecular weight excluding hydrogens is 214 g/mol. The molecule has 0 aromatic carbocycles. The summed E-state index contributed by atoms with van der Waals surface area (Å²) in [5.74, 6) is 0.952. The lowest BCUT2D eigenvalue weighted by atomic mass is 9.91. The first-order chi connectivity index (χ1) is 8.22. The Morgan fingerprint density at radius 3 is 2.71 bits per heavy atom. The first-order valence-electron chi connectivity index (χ1n) is 6.31. The predicted molar refractivity (Wildman–Crippen MR) is 68.9 cm³/mol. The average molecular weight is 235 g/mol. The lowest BCUT2D eigenvalue weighted by Crippen LogP contribution is -2.42. The third-order valence-electron chi connectivity index (χ3n) is 3.45. The van der Waals surface area contributed by atoms with Crippen LogP contribution in [0.3, 0.4) is 0 Å². The van der Waals surface area contributed by atoms with E-state index in [-0.39, 0.29) is 12.6 Å². The fourth-order valence-corrected chi connectivity index (χ4v) is 2.13. The Labute approximate surface area is 102 Å². The summed E-state index contributed by atoms with van der Waals surface area (Å²) in [7, 11) is 0. The van der Waals surface area contributed by atoms with E-state index in [9.17, 15) is 0 Å². The molecule has 1 fully saturated rings. The number of anilines is 1. The molecule has 0 saturated heterocycles. The highest BCUT2D eigenvalue weighted by Gasteiger charge is 2.25. The number of pyridine rings is 1. The standard InChI is InChI=1S/C13H21N3O/c1-10(14)11-5-6-13(15-9-11)16(7-8-17)12-3-2-4-12/h5-6,9-10,12,17H,2-4,7-8,14H2,1H3. The number of nitrogens with zero attached hydrogens (tertiary/aromatic N) is 2. The molecule has 1 aromatic rings. The molecule has 1 unspecified atom stereocenters. The summed E-state index contributed by atoms with van der Waals surface area (Å²) < 4.78 is 0. The molecule has 0 amide bonds. The highest BCUT2D eigenvalue weighted by Crippen LogP contribution is 2.28. The Kier molecular flexibility index (Phi) is 3.97. The lowest BCUT2D eigenvalue weighted by molar-refractivity contribution is 0.283. The monoisotopic (exact) mass is 235 g/mol. The van der Waals surface area contributed by atoms with Crippen LogP contribution in [0.2, 0.25) is 0 Å². The van der Waals surface area contributed by atoms with Crippen LogP contribution in [0.25, 0.3) is 0 Å². The van der Waals surface area contributed by atoms with Crippen molar-refractivity contribution in [3.63, 3.8) is 0 Å². The van der Waals surface area contributed by atoms with Gasteiger partial charge >= 0.3 is 0 Å². The van der Waals surface area contributed by atoms with Crippen LogP contribution in [-0.4, -0.2) is 29.3 Å². The Bertz CT molecular complexity index is 346. The first-order valence-corrected chi connectivity index (χ1v) is 6.31. The van der Waals surface area contributed by atoms with Gasteiger partial charge in [-0.1, -0.05) is 6.07 Å². The molecule has 1 aliphatic rings. The molecule has 94 valence electrons. The molecule has 17 heavy (non-hydrogen) atoms. The largest absolute Gasteiger partial charge is 0.395 e. The Balaban J connectivity index is 2.11. The van der Waals surface area contributed by atoms with Gasteiger partial charge in [-0.2, -0.15) is 0 Å². The molecule has 0 radical (unpaired) electrons. The molecule has 4 heteroatoms. The van der Waals surface area contributed by atoms with Gasteiger partial charge in [0.25, 0.3) is 0 Å². The number of aliphatic hydroxyl groups excluding tert-OH is 1. The van der Waals surface area contributed by atoms with Crippen molar-refractivity contribution < 1.29 is 5.11 Å². The van der Waals surface area contributed by atoms with Gasteiger partial charge < -0.3 is 15.7 Å². The zero-order valence-corrected chi connectivity index (χ0v) is 10.3. The fourth-order valence-electron chi connectivity index (χ4n) is 2.13. The average Bonchev–Trinajstić information content (AvgIpc) is 2.26. The molecule has 1 aromatic heterocycles. The summed E-state index contributed by atoms with van der Waals surface area (Å²) in [5, 5.41) is 9.12. The summed E-state index contributed by atoms with van der Waals surface area (Å²) in [5.41, 5.74) is 6.85. The summed E-state index contributed by atoms with van der Waals surface area (Å²) in [6.07, 6.45) is 5.53. The molecule has 1 aliphatic carbocycles. The van der Waals surface area contributed by atoms with E-state index in [0.717, 1.165) is 11.4 Å². The zero-order chi connectivity index (χ0) is 12.3. The molecule has 1 heterocycles. The van der Waals surface area contributed by atoms with E-state index in [4.69, 9.17) is 10.8 Å². The highest BCUT2D eigenvalue weighted by molar-refractivity contribution is 5.41. The van der Waals surface area contributed by atoms with Crippen molar-refractivity contribution in [2.45, 2.75) is 38.3 Å². The molecule has 3 N–H and O–H groups in total. The van der Waals surface area contributed by atoms with Crippen molar-refractivity contribution in [2.75, 3.05) is 18.1 Å². The number of hydrogen-bond acceptors (Lipinski definition) is 4. The maximum atomic E-state index is 9.12. The van der Waals surface area contributed by atoms with Crippen LogP contribution in [0, 0.1) is 0 Å². The van der Waals surface area contributed by atoms with Crippen LogP contribution >= 0.6 is 0 Å². The van der Waals surface area contributed by atoms with Crippen LogP contribution in [0.15, 0.2) is 18.3 Å². The maximum absolute atomic E-state index is 9.12. The van der Waals surface area contributed by atoms with E-state index in [0.29, 0.717) is 12.6 Å². The summed E-state index contributed by atoms with van der Waals surface area (Å²) >= 11 is 0. The Morgan fingerprint density at radius 1 is 1.53 bits per heavy atom. The van der Waals surface area contributed by atoms with Crippen molar-refractivity contribution in [2.24, 2.45) is 5.73 Å². The Hall–Kier alpha value is -1.13. The number of rotatable bonds is 5. The fraction of sp³-hybridized carbons (Fsp3) is 0.615. The molecule has 0 aliphatic heterocycles.